The number of hydrogen-bond acceptors (Lipinski definition) is 20. The number of benzene rings is 4. The maximum Gasteiger partial charge on any atom is 0.333 e. The number of aryl methyl sites for hydroxylation is 8. The van der Waals surface area contributed by atoms with Crippen molar-refractivity contribution in [2.45, 2.75) is 244 Å². The number of fused-ring (bicyclic) bond motifs is 8. The minimum absolute atomic E-state index is 0.0299. The molecular weight excluding hydrogens is 1580 g/mol. The average Bonchev–Trinajstić information content (AvgIpc) is 1.65. The van der Waals surface area contributed by atoms with E-state index in [0.29, 0.717) is 39.5 Å². The molecule has 36 heteroatoms. The van der Waals surface area contributed by atoms with Crippen molar-refractivity contribution in [2.75, 3.05) is 61.4 Å². The first kappa shape index (κ1) is 81.2. The molecule has 8 aromatic rings. The van der Waals surface area contributed by atoms with Gasteiger partial charge in [0.1, 0.15) is 0 Å². The maximum absolute atomic E-state index is 12.7. The molecule has 8 aliphatic carbocycles. The highest BCUT2D eigenvalue weighted by molar-refractivity contribution is 7.90. The predicted molar refractivity (Wildman–Crippen MR) is 433 cm³/mol. The van der Waals surface area contributed by atoms with E-state index in [9.17, 15) is 52.8 Å². The summed E-state index contributed by atoms with van der Waals surface area (Å²) in [5, 5.41) is 27.1. The minimum atomic E-state index is -4.06. The van der Waals surface area contributed by atoms with E-state index in [1.54, 1.807) is 45.9 Å². The molecule has 3 fully saturated rings. The molecule has 3 atom stereocenters. The number of nitrogens with zero attached hydrogens (tertiary/aromatic N) is 8. The van der Waals surface area contributed by atoms with Crippen LogP contribution in [-0.4, -0.2) is 149 Å². The highest BCUT2D eigenvalue weighted by Gasteiger charge is 2.35. The Kier molecular flexibility index (Phi) is 24.1. The fourth-order valence-electron chi connectivity index (χ4n) is 18.5. The standard InChI is InChI=1S/2C21H26N4O4S.C20H24N4O4S.C19H24N4O4S/c2*26-21(22-20-17-7-1-4-14(17)12-15-5-2-8-18(15)20)24-30(27,28)19-9-10-25(23-19)13-16-6-3-11-29-16;25-20(21-19-16-5-1-3-13(16)11-14-4-2-6-17(14)19)23-29(26,27)18-7-9-24(22-18)15-8-10-28-12-15;1-27-11-10-23-9-8-17(21-23)28(25,26)22-19(24)20-18-15-6-2-4-13(15)12-14-5-3-7-16(14)18/h2*9-10,12,16H,1-8,11,13H2,(H2,22,24,26);7,9,11,15H,1-6,8,10,12H2,(H2,21,23,25);8-9,12H,2-7,10-11H2,1H3,(H2,20,22,24)/t16-;;;/m0.../s1. The highest BCUT2D eigenvalue weighted by atomic mass is 32.2. The molecule has 8 amide bonds. The lowest BCUT2D eigenvalue weighted by Crippen LogP contribution is -2.35. The monoisotopic (exact) mass is 1680 g/mol. The Bertz CT molecular complexity index is 5320. The largest absolute Gasteiger partial charge is 0.383 e. The van der Waals surface area contributed by atoms with Gasteiger partial charge in [-0.15, -0.1) is 0 Å². The van der Waals surface area contributed by atoms with Crippen molar-refractivity contribution < 1.29 is 71.8 Å². The third-order valence-electron chi connectivity index (χ3n) is 23.9. The summed E-state index contributed by atoms with van der Waals surface area (Å²) in [6.07, 6.45) is 35.1. The van der Waals surface area contributed by atoms with Gasteiger partial charge in [0.25, 0.3) is 40.1 Å². The lowest BCUT2D eigenvalue weighted by molar-refractivity contribution is 0.0935. The van der Waals surface area contributed by atoms with Crippen LogP contribution >= 0.6 is 0 Å². The van der Waals surface area contributed by atoms with Crippen LogP contribution in [0.1, 0.15) is 179 Å². The molecule has 117 heavy (non-hydrogen) atoms. The molecule has 7 heterocycles. The van der Waals surface area contributed by atoms with E-state index in [4.69, 9.17) is 18.9 Å². The Balaban J connectivity index is 0.000000117. The van der Waals surface area contributed by atoms with Gasteiger partial charge in [0.05, 0.1) is 51.1 Å². The molecule has 624 valence electrons. The van der Waals surface area contributed by atoms with Gasteiger partial charge in [-0.3, -0.25) is 18.7 Å². The zero-order valence-corrected chi connectivity index (χ0v) is 68.8. The fourth-order valence-corrected chi connectivity index (χ4v) is 21.9. The molecule has 0 bridgehead atoms. The van der Waals surface area contributed by atoms with Crippen LogP contribution in [0.3, 0.4) is 0 Å². The van der Waals surface area contributed by atoms with Crippen LogP contribution in [-0.2, 0) is 181 Å². The maximum atomic E-state index is 12.7. The first-order valence-corrected chi connectivity index (χ1v) is 46.9. The number of methoxy groups -OCH3 is 1. The second-order valence-electron chi connectivity index (χ2n) is 31.8. The van der Waals surface area contributed by atoms with Gasteiger partial charge in [-0.2, -0.15) is 54.1 Å². The Morgan fingerprint density at radius 1 is 0.376 bits per heavy atom. The SMILES string of the molecule is COCCn1ccc(S(=O)(=O)NC(=O)Nc2c3c(cc4c2CCC4)CCC3)n1.O=C(Nc1c2c(cc3c1CCC3)CCC2)NS(=O)(=O)c1ccn(C2CCOC2)n1.O=C(Nc1c2c(cc3c1CCC3)CCC2)NS(=O)(=O)c1ccn(CC2CCCO2)n1.O=C(Nc1c2c(cc3c1CCC3)CCC2)NS(=O)(=O)c1ccn(C[C@@H]2CCCO2)n1. The topological polar surface area (TPSA) is 409 Å². The molecule has 4 aromatic carbocycles. The number of ether oxygens (including phenoxy) is 4. The molecule has 11 aliphatic rings. The second-order valence-corrected chi connectivity index (χ2v) is 38.3. The van der Waals surface area contributed by atoms with E-state index in [1.807, 2.05) is 0 Å². The van der Waals surface area contributed by atoms with Crippen molar-refractivity contribution in [2.24, 2.45) is 0 Å². The number of anilines is 4. The van der Waals surface area contributed by atoms with Crippen molar-refractivity contribution in [1.82, 2.24) is 58.0 Å². The van der Waals surface area contributed by atoms with Gasteiger partial charge < -0.3 is 40.2 Å². The van der Waals surface area contributed by atoms with Crippen molar-refractivity contribution >= 4 is 87.0 Å². The molecule has 0 spiro atoms. The van der Waals surface area contributed by atoms with Crippen LogP contribution in [0.25, 0.3) is 0 Å². The average molecular weight is 1680 g/mol. The van der Waals surface area contributed by atoms with Gasteiger partial charge in [0.15, 0.2) is 20.1 Å². The van der Waals surface area contributed by atoms with E-state index in [-0.39, 0.29) is 38.4 Å². The Labute approximate surface area is 680 Å². The highest BCUT2D eigenvalue weighted by Crippen LogP contribution is 2.43. The molecule has 8 N–H and O–H groups in total. The van der Waals surface area contributed by atoms with E-state index >= 15 is 0 Å². The zero-order chi connectivity index (χ0) is 81.2. The number of nitrogens with one attached hydrogen (secondary N) is 8. The van der Waals surface area contributed by atoms with Gasteiger partial charge in [0, 0.05) is 74.5 Å². The molecule has 0 saturated carbocycles. The summed E-state index contributed by atoms with van der Waals surface area (Å²) >= 11 is 0. The summed E-state index contributed by atoms with van der Waals surface area (Å²) in [4.78, 5) is 50.4. The van der Waals surface area contributed by atoms with Crippen molar-refractivity contribution in [3.05, 3.63) is 162 Å². The molecule has 3 aliphatic heterocycles. The summed E-state index contributed by atoms with van der Waals surface area (Å²) in [5.41, 5.74) is 22.7. The summed E-state index contributed by atoms with van der Waals surface area (Å²) < 4.78 is 137. The number of rotatable bonds is 20. The van der Waals surface area contributed by atoms with Crippen LogP contribution in [0.4, 0.5) is 41.9 Å². The number of urea groups is 4. The van der Waals surface area contributed by atoms with Crippen LogP contribution in [0.5, 0.6) is 0 Å². The number of amides is 8. The molecule has 0 radical (unpaired) electrons. The molecule has 2 unspecified atom stereocenters. The number of aromatic nitrogens is 8. The van der Waals surface area contributed by atoms with E-state index in [2.05, 4.69) is 84.8 Å². The summed E-state index contributed by atoms with van der Waals surface area (Å²) in [6, 6.07) is 11.7. The summed E-state index contributed by atoms with van der Waals surface area (Å²) in [6.45, 7) is 4.46. The van der Waals surface area contributed by atoms with Crippen LogP contribution in [0, 0.1) is 0 Å². The van der Waals surface area contributed by atoms with Crippen LogP contribution in [0.2, 0.25) is 0 Å². The van der Waals surface area contributed by atoms with Gasteiger partial charge in [-0.05, 0) is 299 Å². The van der Waals surface area contributed by atoms with Crippen molar-refractivity contribution in [3.8, 4) is 0 Å². The molecule has 3 saturated heterocycles. The van der Waals surface area contributed by atoms with Gasteiger partial charge in [0.2, 0.25) is 0 Å². The zero-order valence-electron chi connectivity index (χ0n) is 65.6. The molecule has 4 aromatic heterocycles. The first-order valence-electron chi connectivity index (χ1n) is 40.9. The Hall–Kier alpha value is -9.56. The van der Waals surface area contributed by atoms with Crippen LogP contribution in [0.15, 0.2) is 93.4 Å². The molecule has 32 nitrogen and oxygen atoms in total. The lowest BCUT2D eigenvalue weighted by Gasteiger charge is -2.16. The summed E-state index contributed by atoms with van der Waals surface area (Å²) in [7, 11) is -14.6. The van der Waals surface area contributed by atoms with E-state index < -0.39 is 64.2 Å². The predicted octanol–water partition coefficient (Wildman–Crippen LogP) is 9.45. The number of hydrogen-bond donors (Lipinski definition) is 8. The summed E-state index contributed by atoms with van der Waals surface area (Å²) in [5.74, 6) is 0. The second kappa shape index (κ2) is 34.8. The lowest BCUT2D eigenvalue weighted by atomic mass is 9.99. The Morgan fingerprint density at radius 2 is 0.667 bits per heavy atom. The molecular formula is C81H100N16O16S4. The van der Waals surface area contributed by atoms with E-state index in [0.717, 1.165) is 267 Å². The van der Waals surface area contributed by atoms with Gasteiger partial charge >= 0.3 is 24.1 Å². The minimum Gasteiger partial charge on any atom is -0.383 e. The quantitative estimate of drug-likeness (QED) is 0.0352. The third kappa shape index (κ3) is 18.4. The third-order valence-corrected chi connectivity index (χ3v) is 28.8. The normalized spacial score (nSPS) is 19.1. The number of carbonyl (C=O) groups excluding carboxylic acids is 4. The van der Waals surface area contributed by atoms with Crippen molar-refractivity contribution in [3.63, 3.8) is 0 Å². The van der Waals surface area contributed by atoms with Gasteiger partial charge in [-0.1, -0.05) is 24.3 Å². The van der Waals surface area contributed by atoms with Crippen molar-refractivity contribution in [1.29, 1.82) is 0 Å². The first-order chi connectivity index (χ1) is 56.5. The molecule has 19 rings (SSSR count). The van der Waals surface area contributed by atoms with Crippen LogP contribution < -0.4 is 40.2 Å². The Morgan fingerprint density at radius 3 is 0.949 bits per heavy atom. The van der Waals surface area contributed by atoms with E-state index in [1.165, 1.54) is 73.5 Å². The fraction of sp³-hybridized carbons (Fsp3) is 0.506. The number of carbonyl (C=O) groups is 4. The van der Waals surface area contributed by atoms with Gasteiger partial charge in [-0.25, -0.2) is 38.1 Å². The number of sulfonamides is 4. The smallest absolute Gasteiger partial charge is 0.333 e.